The van der Waals surface area contributed by atoms with E-state index in [-0.39, 0.29) is 6.04 Å². The van der Waals surface area contributed by atoms with Gasteiger partial charge in [-0.1, -0.05) is 40.5 Å². The topological polar surface area (TPSA) is 29.9 Å². The van der Waals surface area contributed by atoms with Gasteiger partial charge in [0.25, 0.3) is 0 Å². The van der Waals surface area contributed by atoms with Gasteiger partial charge in [0, 0.05) is 16.5 Å². The lowest BCUT2D eigenvalue weighted by Crippen LogP contribution is -2.26. The van der Waals surface area contributed by atoms with E-state index in [0.29, 0.717) is 0 Å². The number of halogens is 3. The predicted molar refractivity (Wildman–Crippen MR) is 90.2 cm³/mol. The van der Waals surface area contributed by atoms with E-state index in [1.807, 2.05) is 36.1 Å². The van der Waals surface area contributed by atoms with E-state index in [1.165, 1.54) is 0 Å². The van der Waals surface area contributed by atoms with E-state index in [0.717, 1.165) is 38.2 Å². The van der Waals surface area contributed by atoms with E-state index in [1.54, 1.807) is 0 Å². The van der Waals surface area contributed by atoms with Crippen LogP contribution in [0.2, 0.25) is 5.02 Å². The average molecular weight is 422 g/mol. The Bertz CT molecular complexity index is 579. The molecule has 0 aliphatic carbocycles. The molecule has 6 heteroatoms. The van der Waals surface area contributed by atoms with Crippen LogP contribution < -0.4 is 5.32 Å². The van der Waals surface area contributed by atoms with Crippen LogP contribution in [-0.4, -0.2) is 16.3 Å². The fraction of sp³-hybridized carbons (Fsp3) is 0.357. The van der Waals surface area contributed by atoms with Crippen molar-refractivity contribution in [1.29, 1.82) is 0 Å². The Morgan fingerprint density at radius 2 is 2.10 bits per heavy atom. The molecule has 108 valence electrons. The molecule has 1 aromatic carbocycles. The Morgan fingerprint density at radius 1 is 1.35 bits per heavy atom. The third kappa shape index (κ3) is 3.45. The summed E-state index contributed by atoms with van der Waals surface area (Å²) in [6, 6.07) is 5.93. The van der Waals surface area contributed by atoms with E-state index in [2.05, 4.69) is 49.2 Å². The molecule has 3 nitrogen and oxygen atoms in total. The van der Waals surface area contributed by atoms with E-state index in [4.69, 9.17) is 11.6 Å². The molecule has 1 N–H and O–H groups in total. The molecule has 0 amide bonds. The lowest BCUT2D eigenvalue weighted by Gasteiger charge is -2.21. The molecule has 2 aromatic rings. The van der Waals surface area contributed by atoms with Crippen molar-refractivity contribution < 1.29 is 0 Å². The van der Waals surface area contributed by atoms with E-state index < -0.39 is 0 Å². The van der Waals surface area contributed by atoms with Gasteiger partial charge in [-0.2, -0.15) is 5.10 Å². The molecule has 0 saturated carbocycles. The highest BCUT2D eigenvalue weighted by molar-refractivity contribution is 9.10. The van der Waals surface area contributed by atoms with Gasteiger partial charge in [0.05, 0.1) is 22.4 Å². The maximum absolute atomic E-state index is 6.04. The van der Waals surface area contributed by atoms with Gasteiger partial charge in [-0.15, -0.1) is 0 Å². The van der Waals surface area contributed by atoms with Crippen molar-refractivity contribution in [3.05, 3.63) is 49.6 Å². The summed E-state index contributed by atoms with van der Waals surface area (Å²) >= 11 is 13.2. The number of aryl methyl sites for hydroxylation is 1. The standard InChI is InChI=1S/C14H16Br2ClN3/c1-3-6-18-13(14-12(16)8-19-20(14)2)10-5-4-9(17)7-11(10)15/h4-5,7-8,13,18H,3,6H2,1-2H3. The van der Waals surface area contributed by atoms with Crippen LogP contribution in [-0.2, 0) is 7.05 Å². The second-order valence-electron chi connectivity index (χ2n) is 4.55. The van der Waals surface area contributed by atoms with Gasteiger partial charge in [0.15, 0.2) is 0 Å². The molecule has 0 spiro atoms. The third-order valence-corrected chi connectivity index (χ3v) is 4.62. The molecule has 1 aromatic heterocycles. The van der Waals surface area contributed by atoms with Crippen molar-refractivity contribution in [3.63, 3.8) is 0 Å². The number of nitrogens with zero attached hydrogens (tertiary/aromatic N) is 2. The van der Waals surface area contributed by atoms with Crippen LogP contribution in [0.25, 0.3) is 0 Å². The summed E-state index contributed by atoms with van der Waals surface area (Å²) in [5.41, 5.74) is 2.24. The van der Waals surface area contributed by atoms with Gasteiger partial charge >= 0.3 is 0 Å². The Labute approximate surface area is 141 Å². The van der Waals surface area contributed by atoms with E-state index >= 15 is 0 Å². The molecule has 0 saturated heterocycles. The summed E-state index contributed by atoms with van der Waals surface area (Å²) in [6.07, 6.45) is 2.89. The third-order valence-electron chi connectivity index (χ3n) is 3.08. The highest BCUT2D eigenvalue weighted by Crippen LogP contribution is 2.33. The Hall–Kier alpha value is -0.360. The summed E-state index contributed by atoms with van der Waals surface area (Å²) in [5, 5.41) is 8.59. The molecule has 0 bridgehead atoms. The van der Waals surface area contributed by atoms with Crippen molar-refractivity contribution in [3.8, 4) is 0 Å². The maximum Gasteiger partial charge on any atom is 0.0770 e. The number of hydrogen-bond donors (Lipinski definition) is 1. The Kier molecular flexibility index (Phi) is 5.66. The number of nitrogens with one attached hydrogen (secondary N) is 1. The molecular formula is C14H16Br2ClN3. The minimum atomic E-state index is 0.0588. The molecule has 0 fully saturated rings. The molecule has 2 rings (SSSR count). The van der Waals surface area contributed by atoms with Gasteiger partial charge in [-0.05, 0) is 46.6 Å². The second-order valence-corrected chi connectivity index (χ2v) is 6.70. The molecule has 0 radical (unpaired) electrons. The van der Waals surface area contributed by atoms with Crippen molar-refractivity contribution in [2.45, 2.75) is 19.4 Å². The summed E-state index contributed by atoms with van der Waals surface area (Å²) < 4.78 is 3.88. The monoisotopic (exact) mass is 419 g/mol. The van der Waals surface area contributed by atoms with Gasteiger partial charge in [0.1, 0.15) is 0 Å². The fourth-order valence-corrected chi connectivity index (χ4v) is 3.61. The van der Waals surface area contributed by atoms with Crippen LogP contribution in [0, 0.1) is 0 Å². The fourth-order valence-electron chi connectivity index (χ4n) is 2.12. The number of benzene rings is 1. The first kappa shape index (κ1) is 16.0. The molecular weight excluding hydrogens is 405 g/mol. The minimum Gasteiger partial charge on any atom is -0.305 e. The first-order chi connectivity index (χ1) is 9.54. The van der Waals surface area contributed by atoms with Gasteiger partial charge in [-0.3, -0.25) is 4.68 Å². The molecule has 1 unspecified atom stereocenters. The van der Waals surface area contributed by atoms with Gasteiger partial charge in [-0.25, -0.2) is 0 Å². The first-order valence-electron chi connectivity index (χ1n) is 6.40. The molecule has 0 aliphatic rings. The zero-order chi connectivity index (χ0) is 14.7. The Balaban J connectivity index is 2.47. The lowest BCUT2D eigenvalue weighted by atomic mass is 10.0. The van der Waals surface area contributed by atoms with Crippen LogP contribution in [0.5, 0.6) is 0 Å². The van der Waals surface area contributed by atoms with Gasteiger partial charge < -0.3 is 5.32 Å². The number of hydrogen-bond acceptors (Lipinski definition) is 2. The summed E-state index contributed by atoms with van der Waals surface area (Å²) in [4.78, 5) is 0. The summed E-state index contributed by atoms with van der Waals surface area (Å²) in [6.45, 7) is 3.08. The summed E-state index contributed by atoms with van der Waals surface area (Å²) in [7, 11) is 1.95. The quantitative estimate of drug-likeness (QED) is 0.759. The first-order valence-corrected chi connectivity index (χ1v) is 8.36. The molecule has 1 heterocycles. The summed E-state index contributed by atoms with van der Waals surface area (Å²) in [5.74, 6) is 0. The highest BCUT2D eigenvalue weighted by atomic mass is 79.9. The molecule has 1 atom stereocenters. The lowest BCUT2D eigenvalue weighted by molar-refractivity contribution is 0.550. The zero-order valence-electron chi connectivity index (χ0n) is 11.3. The van der Waals surface area contributed by atoms with Crippen LogP contribution in [0.15, 0.2) is 33.3 Å². The second kappa shape index (κ2) is 7.07. The minimum absolute atomic E-state index is 0.0588. The van der Waals surface area contributed by atoms with Crippen molar-refractivity contribution >= 4 is 43.5 Å². The zero-order valence-corrected chi connectivity index (χ0v) is 15.3. The van der Waals surface area contributed by atoms with Crippen LogP contribution >= 0.6 is 43.5 Å². The average Bonchev–Trinajstić information content (AvgIpc) is 2.72. The SMILES string of the molecule is CCCNC(c1ccc(Cl)cc1Br)c1c(Br)cnn1C. The largest absolute Gasteiger partial charge is 0.305 e. The maximum atomic E-state index is 6.04. The van der Waals surface area contributed by atoms with E-state index in [9.17, 15) is 0 Å². The van der Waals surface area contributed by atoms with Crippen LogP contribution in [0.4, 0.5) is 0 Å². The normalized spacial score (nSPS) is 12.7. The number of aromatic nitrogens is 2. The smallest absolute Gasteiger partial charge is 0.0770 e. The van der Waals surface area contributed by atoms with Crippen LogP contribution in [0.3, 0.4) is 0 Å². The van der Waals surface area contributed by atoms with Gasteiger partial charge in [0.2, 0.25) is 0 Å². The predicted octanol–water partition coefficient (Wildman–Crippen LogP) is 4.69. The highest BCUT2D eigenvalue weighted by Gasteiger charge is 2.22. The number of rotatable bonds is 5. The Morgan fingerprint density at radius 3 is 2.65 bits per heavy atom. The van der Waals surface area contributed by atoms with Crippen molar-refractivity contribution in [2.24, 2.45) is 7.05 Å². The van der Waals surface area contributed by atoms with Crippen molar-refractivity contribution in [2.75, 3.05) is 6.54 Å². The van der Waals surface area contributed by atoms with Crippen LogP contribution in [0.1, 0.15) is 30.6 Å². The molecule has 0 aliphatic heterocycles. The van der Waals surface area contributed by atoms with Crippen molar-refractivity contribution in [1.82, 2.24) is 15.1 Å². The molecule has 20 heavy (non-hydrogen) atoms.